The van der Waals surface area contributed by atoms with Gasteiger partial charge in [0, 0.05) is 6.61 Å². The Kier molecular flexibility index (Phi) is 8.74. The highest BCUT2D eigenvalue weighted by molar-refractivity contribution is 5.87. The number of hydrogen-bond donors (Lipinski definition) is 1. The molecule has 0 saturated carbocycles. The van der Waals surface area contributed by atoms with Gasteiger partial charge in [-0.05, 0) is 53.4 Å². The molecule has 9 heteroatoms. The van der Waals surface area contributed by atoms with Crippen LogP contribution in [-0.4, -0.2) is 48.7 Å². The van der Waals surface area contributed by atoms with Gasteiger partial charge in [-0.25, -0.2) is 4.79 Å². The third-order valence-electron chi connectivity index (χ3n) is 3.54. The second-order valence-corrected chi connectivity index (χ2v) is 7.36. The number of carbonyl (C=O) groups is 2. The van der Waals surface area contributed by atoms with Gasteiger partial charge in [-0.2, -0.15) is 13.2 Å². The lowest BCUT2D eigenvalue weighted by Crippen LogP contribution is -2.48. The smallest absolute Gasteiger partial charge is 0.458 e. The highest BCUT2D eigenvalue weighted by atomic mass is 19.4. The van der Waals surface area contributed by atoms with Gasteiger partial charge < -0.3 is 19.5 Å². The first kappa shape index (κ1) is 23.4. The molecular weight excluding hydrogens is 367 g/mol. The van der Waals surface area contributed by atoms with Crippen molar-refractivity contribution in [2.45, 2.75) is 83.6 Å². The Labute approximate surface area is 157 Å². The molecule has 1 heterocycles. The van der Waals surface area contributed by atoms with E-state index in [1.165, 1.54) is 6.08 Å². The third kappa shape index (κ3) is 9.76. The van der Waals surface area contributed by atoms with E-state index in [1.807, 2.05) is 0 Å². The lowest BCUT2D eigenvalue weighted by Gasteiger charge is -2.25. The van der Waals surface area contributed by atoms with E-state index in [4.69, 9.17) is 14.2 Å². The number of amides is 1. The minimum Gasteiger partial charge on any atom is -0.458 e. The van der Waals surface area contributed by atoms with Crippen LogP contribution in [0.3, 0.4) is 0 Å². The Morgan fingerprint density at radius 2 is 1.93 bits per heavy atom. The van der Waals surface area contributed by atoms with E-state index >= 15 is 0 Å². The Balaban J connectivity index is 2.65. The molecule has 0 aromatic carbocycles. The highest BCUT2D eigenvalue weighted by Crippen LogP contribution is 2.18. The monoisotopic (exact) mass is 395 g/mol. The van der Waals surface area contributed by atoms with Gasteiger partial charge in [0.2, 0.25) is 0 Å². The Hall–Kier alpha value is -1.61. The third-order valence-corrected chi connectivity index (χ3v) is 3.54. The van der Waals surface area contributed by atoms with Crippen LogP contribution in [0.25, 0.3) is 0 Å². The fraction of sp³-hybridized carbons (Fsp3) is 0.778. The van der Waals surface area contributed by atoms with Crippen molar-refractivity contribution in [3.8, 4) is 0 Å². The number of carbonyl (C=O) groups excluding carboxylic acids is 2. The predicted octanol–water partition coefficient (Wildman–Crippen LogP) is 3.25. The molecule has 1 amide bonds. The molecular formula is C18H28F3NO5. The molecule has 0 aromatic heterocycles. The minimum absolute atomic E-state index is 0.157. The van der Waals surface area contributed by atoms with E-state index in [9.17, 15) is 22.8 Å². The summed E-state index contributed by atoms with van der Waals surface area (Å²) in [6.45, 7) is 7.15. The van der Waals surface area contributed by atoms with Gasteiger partial charge in [-0.15, -0.1) is 0 Å². The maximum Gasteiger partial charge on any atom is 0.471 e. The molecule has 0 aromatic rings. The highest BCUT2D eigenvalue weighted by Gasteiger charge is 2.41. The zero-order chi connectivity index (χ0) is 20.7. The second-order valence-electron chi connectivity index (χ2n) is 7.36. The molecule has 1 rings (SSSR count). The number of alkyl halides is 3. The molecule has 0 aliphatic carbocycles. The second kappa shape index (κ2) is 10.1. The Morgan fingerprint density at radius 3 is 2.44 bits per heavy atom. The number of rotatable bonds is 7. The minimum atomic E-state index is -5.08. The lowest BCUT2D eigenvalue weighted by molar-refractivity contribution is -0.177. The number of hydrogen-bond acceptors (Lipinski definition) is 5. The first-order valence-corrected chi connectivity index (χ1v) is 8.93. The molecule has 1 fully saturated rings. The van der Waals surface area contributed by atoms with Crippen molar-refractivity contribution in [2.75, 3.05) is 6.61 Å². The SMILES string of the molecule is C[C@@H](/C=C/C[C@H](NC(=O)C(F)(F)F)C(=O)OC(C)(C)C)OC1CCCCO1. The maximum absolute atomic E-state index is 12.5. The fourth-order valence-corrected chi connectivity index (χ4v) is 2.34. The molecule has 0 spiro atoms. The van der Waals surface area contributed by atoms with E-state index < -0.39 is 29.7 Å². The van der Waals surface area contributed by atoms with Crippen LogP contribution in [0.5, 0.6) is 0 Å². The average molecular weight is 395 g/mol. The summed E-state index contributed by atoms with van der Waals surface area (Å²) in [5, 5.41) is 1.68. The van der Waals surface area contributed by atoms with Crippen LogP contribution in [0.2, 0.25) is 0 Å². The van der Waals surface area contributed by atoms with E-state index in [-0.39, 0.29) is 18.8 Å². The predicted molar refractivity (Wildman–Crippen MR) is 91.7 cm³/mol. The normalized spacial score (nSPS) is 20.9. The van der Waals surface area contributed by atoms with E-state index in [2.05, 4.69) is 0 Å². The summed E-state index contributed by atoms with van der Waals surface area (Å²) in [5.74, 6) is -3.12. The molecule has 6 nitrogen and oxygen atoms in total. The number of ether oxygens (including phenoxy) is 3. The van der Waals surface area contributed by atoms with Gasteiger partial charge in [0.1, 0.15) is 11.6 Å². The first-order chi connectivity index (χ1) is 12.4. The fourth-order valence-electron chi connectivity index (χ4n) is 2.34. The first-order valence-electron chi connectivity index (χ1n) is 8.93. The molecule has 0 bridgehead atoms. The van der Waals surface area contributed by atoms with Crippen LogP contribution < -0.4 is 5.32 Å². The standard InChI is InChI=1S/C18H28F3NO5/c1-12(26-14-10-5-6-11-25-14)8-7-9-13(15(23)27-17(2,3)4)22-16(24)18(19,20)21/h7-8,12-14H,5-6,9-11H2,1-4H3,(H,22,24)/b8-7+/t12-,13-,14?/m0/s1. The molecule has 156 valence electrons. The van der Waals surface area contributed by atoms with Crippen LogP contribution in [0.1, 0.15) is 53.4 Å². The van der Waals surface area contributed by atoms with Crippen LogP contribution in [0, 0.1) is 0 Å². The van der Waals surface area contributed by atoms with Crippen LogP contribution >= 0.6 is 0 Å². The summed E-state index contributed by atoms with van der Waals surface area (Å²) < 4.78 is 53.7. The van der Waals surface area contributed by atoms with E-state index in [1.54, 1.807) is 39.1 Å². The molecule has 1 unspecified atom stereocenters. The summed E-state index contributed by atoms with van der Waals surface area (Å²) in [5.41, 5.74) is -0.892. The molecule has 1 saturated heterocycles. The van der Waals surface area contributed by atoms with Crippen molar-refractivity contribution < 1.29 is 37.0 Å². The topological polar surface area (TPSA) is 73.9 Å². The van der Waals surface area contributed by atoms with Gasteiger partial charge in [-0.3, -0.25) is 4.79 Å². The molecule has 1 N–H and O–H groups in total. The number of esters is 1. The zero-order valence-electron chi connectivity index (χ0n) is 16.1. The quantitative estimate of drug-likeness (QED) is 0.529. The Morgan fingerprint density at radius 1 is 1.26 bits per heavy atom. The van der Waals surface area contributed by atoms with E-state index in [0.29, 0.717) is 6.61 Å². The maximum atomic E-state index is 12.5. The van der Waals surface area contributed by atoms with Crippen LogP contribution in [0.15, 0.2) is 12.2 Å². The van der Waals surface area contributed by atoms with Gasteiger partial charge in [0.05, 0.1) is 6.10 Å². The van der Waals surface area contributed by atoms with Crippen LogP contribution in [0.4, 0.5) is 13.2 Å². The largest absolute Gasteiger partial charge is 0.471 e. The average Bonchev–Trinajstić information content (AvgIpc) is 2.52. The van der Waals surface area contributed by atoms with Gasteiger partial charge in [-0.1, -0.05) is 12.2 Å². The summed E-state index contributed by atoms with van der Waals surface area (Å²) in [6, 6.07) is -1.45. The van der Waals surface area contributed by atoms with Crippen molar-refractivity contribution in [1.82, 2.24) is 5.32 Å². The van der Waals surface area contributed by atoms with Crippen molar-refractivity contribution in [3.05, 3.63) is 12.2 Å². The zero-order valence-corrected chi connectivity index (χ0v) is 16.1. The van der Waals surface area contributed by atoms with Gasteiger partial charge >= 0.3 is 18.1 Å². The van der Waals surface area contributed by atoms with E-state index in [0.717, 1.165) is 19.3 Å². The summed E-state index contributed by atoms with van der Waals surface area (Å²) >= 11 is 0. The molecule has 27 heavy (non-hydrogen) atoms. The number of nitrogens with one attached hydrogen (secondary N) is 1. The van der Waals surface area contributed by atoms with Crippen molar-refractivity contribution >= 4 is 11.9 Å². The molecule has 3 atom stereocenters. The van der Waals surface area contributed by atoms with Crippen molar-refractivity contribution in [3.63, 3.8) is 0 Å². The summed E-state index contributed by atoms with van der Waals surface area (Å²) in [7, 11) is 0. The van der Waals surface area contributed by atoms with Crippen molar-refractivity contribution in [2.24, 2.45) is 0 Å². The Bertz CT molecular complexity index is 522. The van der Waals surface area contributed by atoms with Gasteiger partial charge in [0.15, 0.2) is 6.29 Å². The molecule has 1 aliphatic rings. The summed E-state index contributed by atoms with van der Waals surface area (Å²) in [4.78, 5) is 23.3. The van der Waals surface area contributed by atoms with Gasteiger partial charge in [0.25, 0.3) is 0 Å². The lowest BCUT2D eigenvalue weighted by atomic mass is 10.1. The molecule has 1 aliphatic heterocycles. The number of halogens is 3. The van der Waals surface area contributed by atoms with Crippen LogP contribution in [-0.2, 0) is 23.8 Å². The van der Waals surface area contributed by atoms with Crippen molar-refractivity contribution in [1.29, 1.82) is 0 Å². The summed E-state index contributed by atoms with van der Waals surface area (Å²) in [6.07, 6.45) is -0.0509. The molecule has 0 radical (unpaired) electrons.